The van der Waals surface area contributed by atoms with Crippen LogP contribution in [0, 0.1) is 27.7 Å². The normalized spacial score (nSPS) is 13.0. The summed E-state index contributed by atoms with van der Waals surface area (Å²) >= 11 is 3.45. The predicted molar refractivity (Wildman–Crippen MR) is 288 cm³/mol. The standard InChI is InChI=1S/C26H30N6O4S.C16H15BrN4O2.C9H15N3O2S/c1-16-10-20(14-27-11-16)26-31-30-23(32(26)24-21(35-5)8-7-9-22(24)36-6)15-37(33,34)19(4)18(3)25-28-12-17(2)13-29-25;1-10-7-11(9-18-8-10)15-19-20-16(17)21(15)14-12(22-2)5-4-6-13(14)23-3;1-6-4-11-9(12-5-6)7(2)8(3)15(10,13)14/h7-14,18-19H,15H2,1-6H3;4-9H,1-3H3;4-5,7-8H,1-3H3,(H2,10,13,14)/t18-,19-;;7-,8-/m1.1/s1. The minimum Gasteiger partial charge on any atom is -0.494 e. The van der Waals surface area contributed by atoms with Gasteiger partial charge >= 0.3 is 0 Å². The third-order valence-electron chi connectivity index (χ3n) is 12.1. The number of primary sulfonamides is 1. The molecule has 0 aliphatic carbocycles. The number of sulfonamides is 1. The maximum Gasteiger partial charge on any atom is 0.212 e. The van der Waals surface area contributed by atoms with Crippen LogP contribution in [0.2, 0.25) is 0 Å². The number of ether oxygens (including phenoxy) is 4. The van der Waals surface area contributed by atoms with E-state index in [0.717, 1.165) is 33.5 Å². The summed E-state index contributed by atoms with van der Waals surface area (Å²) in [6.07, 6.45) is 13.6. The molecule has 2 aromatic carbocycles. The lowest BCUT2D eigenvalue weighted by atomic mass is 10.1. The van der Waals surface area contributed by atoms with Crippen molar-refractivity contribution in [3.63, 3.8) is 0 Å². The van der Waals surface area contributed by atoms with Gasteiger partial charge in [0.25, 0.3) is 0 Å². The molecule has 24 heteroatoms. The first-order chi connectivity index (χ1) is 35.6. The Balaban J connectivity index is 0.000000204. The average molecular weight is 1130 g/mol. The Morgan fingerprint density at radius 2 is 0.920 bits per heavy atom. The maximum atomic E-state index is 13.7. The monoisotopic (exact) mass is 1130 g/mol. The molecule has 396 valence electrons. The fourth-order valence-corrected chi connectivity index (χ4v) is 10.2. The van der Waals surface area contributed by atoms with Crippen LogP contribution in [0.1, 0.15) is 79.3 Å². The lowest BCUT2D eigenvalue weighted by Crippen LogP contribution is -2.31. The molecule has 2 N–H and O–H groups in total. The molecule has 4 atom stereocenters. The van der Waals surface area contributed by atoms with Crippen molar-refractivity contribution in [3.8, 4) is 57.1 Å². The molecular weight excluding hydrogens is 1070 g/mol. The number of nitrogens with two attached hydrogens (primary N) is 1. The molecule has 6 aromatic heterocycles. The zero-order valence-corrected chi connectivity index (χ0v) is 46.9. The van der Waals surface area contributed by atoms with E-state index in [2.05, 4.69) is 66.2 Å². The van der Waals surface area contributed by atoms with Crippen molar-refractivity contribution < 1.29 is 35.8 Å². The Morgan fingerprint density at radius 1 is 0.533 bits per heavy atom. The van der Waals surface area contributed by atoms with E-state index in [1.165, 1.54) is 14.2 Å². The van der Waals surface area contributed by atoms with Crippen LogP contribution in [-0.4, -0.2) is 115 Å². The summed E-state index contributed by atoms with van der Waals surface area (Å²) in [5.41, 5.74) is 6.58. The number of hydrogen-bond acceptors (Lipinski definition) is 18. The van der Waals surface area contributed by atoms with Gasteiger partial charge in [0.05, 0.1) is 38.9 Å². The van der Waals surface area contributed by atoms with Gasteiger partial charge < -0.3 is 18.9 Å². The smallest absolute Gasteiger partial charge is 0.212 e. The summed E-state index contributed by atoms with van der Waals surface area (Å²) < 4.78 is 75.9. The number of aromatic nitrogens is 12. The van der Waals surface area contributed by atoms with Crippen molar-refractivity contribution in [2.45, 2.75) is 83.5 Å². The molecular formula is C51H60BrN13O8S2. The minimum absolute atomic E-state index is 0.225. The Bertz CT molecular complexity index is 3410. The maximum absolute atomic E-state index is 13.7. The van der Waals surface area contributed by atoms with Gasteiger partial charge in [-0.2, -0.15) is 0 Å². The zero-order valence-electron chi connectivity index (χ0n) is 43.7. The highest BCUT2D eigenvalue weighted by Crippen LogP contribution is 2.39. The van der Waals surface area contributed by atoms with E-state index in [4.69, 9.17) is 24.1 Å². The highest BCUT2D eigenvalue weighted by molar-refractivity contribution is 9.10. The quantitative estimate of drug-likeness (QED) is 0.0964. The first-order valence-electron chi connectivity index (χ1n) is 23.3. The molecule has 0 aliphatic heterocycles. The Morgan fingerprint density at radius 3 is 1.32 bits per heavy atom. The van der Waals surface area contributed by atoms with Gasteiger partial charge in [-0.1, -0.05) is 26.0 Å². The molecule has 0 radical (unpaired) electrons. The Kier molecular flexibility index (Phi) is 18.9. The fraction of sp³-hybridized carbons (Fsp3) is 0.333. The summed E-state index contributed by atoms with van der Waals surface area (Å²) in [5, 5.41) is 20.7. The molecule has 8 aromatic rings. The molecule has 0 unspecified atom stereocenters. The van der Waals surface area contributed by atoms with Gasteiger partial charge in [-0.15, -0.1) is 20.4 Å². The summed E-state index contributed by atoms with van der Waals surface area (Å²) in [6, 6.07) is 14.8. The Labute approximate surface area is 445 Å². The SMILES string of the molecule is COc1cccc(OC)c1-n1c(Br)nnc1-c1cncc(C)c1.COc1cccc(OC)c1-n1c(CS(=O)(=O)[C@H](C)[C@@H](C)c2ncc(C)cn2)nnc1-c1cncc(C)c1.Cc1cnc([C@H](C)[C@@H](C)S(N)(=O)=O)nc1. The summed E-state index contributed by atoms with van der Waals surface area (Å²) in [4.78, 5) is 25.3. The van der Waals surface area contributed by atoms with Crippen molar-refractivity contribution in [2.75, 3.05) is 28.4 Å². The number of rotatable bonds is 16. The molecule has 0 amide bonds. The molecule has 6 heterocycles. The molecule has 0 fully saturated rings. The highest BCUT2D eigenvalue weighted by atomic mass is 79.9. The highest BCUT2D eigenvalue weighted by Gasteiger charge is 2.33. The molecule has 75 heavy (non-hydrogen) atoms. The average Bonchev–Trinajstić information content (AvgIpc) is 3.99. The van der Waals surface area contributed by atoms with Gasteiger partial charge in [-0.05, 0) is 116 Å². The van der Waals surface area contributed by atoms with E-state index in [0.29, 0.717) is 62.3 Å². The minimum atomic E-state index is -3.72. The van der Waals surface area contributed by atoms with Crippen LogP contribution in [0.5, 0.6) is 23.0 Å². The number of sulfone groups is 1. The molecule has 0 saturated carbocycles. The van der Waals surface area contributed by atoms with Gasteiger partial charge in [0, 0.05) is 72.5 Å². The summed E-state index contributed by atoms with van der Waals surface area (Å²) in [7, 11) is -0.948. The molecule has 0 saturated heterocycles. The first kappa shape index (κ1) is 57.0. The van der Waals surface area contributed by atoms with Crippen molar-refractivity contribution in [3.05, 3.63) is 143 Å². The van der Waals surface area contributed by atoms with E-state index < -0.39 is 36.3 Å². The van der Waals surface area contributed by atoms with Crippen LogP contribution in [-0.2, 0) is 25.6 Å². The van der Waals surface area contributed by atoms with Crippen LogP contribution >= 0.6 is 15.9 Å². The number of nitrogens with zero attached hydrogens (tertiary/aromatic N) is 12. The third-order valence-corrected chi connectivity index (χ3v) is 16.3. The molecule has 21 nitrogen and oxygen atoms in total. The number of benzene rings is 2. The van der Waals surface area contributed by atoms with Gasteiger partial charge in [-0.25, -0.2) is 41.9 Å². The van der Waals surface area contributed by atoms with Gasteiger partial charge in [0.2, 0.25) is 14.8 Å². The summed E-state index contributed by atoms with van der Waals surface area (Å²) in [6.45, 7) is 14.4. The van der Waals surface area contributed by atoms with Crippen LogP contribution in [0.25, 0.3) is 34.2 Å². The van der Waals surface area contributed by atoms with Crippen LogP contribution < -0.4 is 24.1 Å². The van der Waals surface area contributed by atoms with Crippen LogP contribution in [0.15, 0.2) is 103 Å². The first-order valence-corrected chi connectivity index (χ1v) is 27.4. The number of pyridine rings is 2. The molecule has 0 bridgehead atoms. The van der Waals surface area contributed by atoms with Gasteiger partial charge in [0.15, 0.2) is 27.3 Å². The third kappa shape index (κ3) is 13.5. The number of aryl methyl sites for hydroxylation is 4. The topological polar surface area (TPSA) is 270 Å². The second-order valence-corrected chi connectivity index (χ2v) is 22.5. The fourth-order valence-electron chi connectivity index (χ4n) is 7.54. The van der Waals surface area contributed by atoms with E-state index in [9.17, 15) is 16.8 Å². The molecule has 0 spiro atoms. The lowest BCUT2D eigenvalue weighted by Gasteiger charge is -2.20. The van der Waals surface area contributed by atoms with E-state index in [-0.39, 0.29) is 17.5 Å². The number of halogens is 1. The van der Waals surface area contributed by atoms with Crippen molar-refractivity contribution in [1.82, 2.24) is 59.4 Å². The Hall–Kier alpha value is -7.28. The number of hydrogen-bond donors (Lipinski definition) is 1. The largest absolute Gasteiger partial charge is 0.494 e. The lowest BCUT2D eigenvalue weighted by molar-refractivity contribution is 0.390. The van der Waals surface area contributed by atoms with Gasteiger partial charge in [0.1, 0.15) is 51.8 Å². The van der Waals surface area contributed by atoms with E-state index >= 15 is 0 Å². The summed E-state index contributed by atoms with van der Waals surface area (Å²) in [5.74, 6) is 3.46. The van der Waals surface area contributed by atoms with Crippen molar-refractivity contribution in [2.24, 2.45) is 5.14 Å². The molecule has 0 aliphatic rings. The van der Waals surface area contributed by atoms with Crippen molar-refractivity contribution >= 4 is 35.8 Å². The van der Waals surface area contributed by atoms with Crippen LogP contribution in [0.4, 0.5) is 0 Å². The van der Waals surface area contributed by atoms with Crippen LogP contribution in [0.3, 0.4) is 0 Å². The van der Waals surface area contributed by atoms with E-state index in [1.807, 2.05) is 69.5 Å². The zero-order chi connectivity index (χ0) is 54.8. The second-order valence-electron chi connectivity index (χ2n) is 17.5. The predicted octanol–water partition coefficient (Wildman–Crippen LogP) is 7.84. The second kappa shape index (κ2) is 24.8. The van der Waals surface area contributed by atoms with Gasteiger partial charge in [-0.3, -0.25) is 19.1 Å². The number of methoxy groups -OCH3 is 4. The van der Waals surface area contributed by atoms with Crippen molar-refractivity contribution in [1.29, 1.82) is 0 Å². The number of para-hydroxylation sites is 2. The van der Waals surface area contributed by atoms with E-state index in [1.54, 1.807) is 107 Å². The molecule has 8 rings (SSSR count).